The Bertz CT molecular complexity index is 1610. The first kappa shape index (κ1) is 20.7. The van der Waals surface area contributed by atoms with E-state index in [2.05, 4.69) is 10.1 Å². The predicted molar refractivity (Wildman–Crippen MR) is 124 cm³/mol. The predicted octanol–water partition coefficient (Wildman–Crippen LogP) is 3.58. The van der Waals surface area contributed by atoms with E-state index >= 15 is 0 Å². The molecule has 0 amide bonds. The minimum absolute atomic E-state index is 0.124. The van der Waals surface area contributed by atoms with Crippen LogP contribution in [0.15, 0.2) is 88.5 Å². The number of fused-ring (bicyclic) bond motifs is 1. The van der Waals surface area contributed by atoms with Gasteiger partial charge in [0.1, 0.15) is 23.0 Å². The summed E-state index contributed by atoms with van der Waals surface area (Å²) in [6.45, 7) is 0. The second kappa shape index (κ2) is 8.76. The highest BCUT2D eigenvalue weighted by molar-refractivity contribution is 7.15. The van der Waals surface area contributed by atoms with E-state index in [4.69, 9.17) is 4.74 Å². The average molecular weight is 457 g/mol. The molecule has 33 heavy (non-hydrogen) atoms. The molecule has 0 atom stereocenters. The maximum Gasteiger partial charge on any atom is 0.296 e. The molecule has 2 heterocycles. The van der Waals surface area contributed by atoms with Crippen LogP contribution in [0.3, 0.4) is 0 Å². The minimum atomic E-state index is -0.509. The monoisotopic (exact) mass is 457 g/mol. The number of ether oxygens (including phenoxy) is 1. The van der Waals surface area contributed by atoms with Crippen LogP contribution >= 0.6 is 11.3 Å². The second-order valence-electron chi connectivity index (χ2n) is 7.26. The maximum absolute atomic E-state index is 13.1. The van der Waals surface area contributed by atoms with Gasteiger partial charge in [0.05, 0.1) is 4.53 Å². The van der Waals surface area contributed by atoms with Crippen LogP contribution in [0.2, 0.25) is 0 Å². The molecule has 162 valence electrons. The molecule has 0 spiro atoms. The summed E-state index contributed by atoms with van der Waals surface area (Å²) >= 11 is 1.09. The van der Waals surface area contributed by atoms with Crippen molar-refractivity contribution in [2.24, 2.45) is 0 Å². The lowest BCUT2D eigenvalue weighted by Crippen LogP contribution is -2.28. The quantitative estimate of drug-likeness (QED) is 0.403. The summed E-state index contributed by atoms with van der Waals surface area (Å²) in [5.74, 6) is 0.979. The van der Waals surface area contributed by atoms with Crippen molar-refractivity contribution in [1.29, 1.82) is 0 Å². The van der Waals surface area contributed by atoms with Gasteiger partial charge in [-0.1, -0.05) is 53.8 Å². The van der Waals surface area contributed by atoms with Gasteiger partial charge >= 0.3 is 0 Å². The molecule has 0 N–H and O–H groups in total. The van der Waals surface area contributed by atoms with Gasteiger partial charge in [-0.25, -0.2) is 4.39 Å². The van der Waals surface area contributed by atoms with E-state index in [-0.39, 0.29) is 28.5 Å². The molecule has 2 aromatic heterocycles. The van der Waals surface area contributed by atoms with Gasteiger partial charge in [-0.15, -0.1) is 0 Å². The first-order valence-electron chi connectivity index (χ1n) is 10.1. The molecule has 0 aliphatic heterocycles. The van der Waals surface area contributed by atoms with Crippen LogP contribution in [0.1, 0.15) is 16.8 Å². The Morgan fingerprint density at radius 3 is 2.48 bits per heavy atom. The van der Waals surface area contributed by atoms with Crippen LogP contribution in [0.25, 0.3) is 11.0 Å². The summed E-state index contributed by atoms with van der Waals surface area (Å²) in [4.78, 5) is 29.6. The lowest BCUT2D eigenvalue weighted by Gasteiger charge is -2.05. The zero-order chi connectivity index (χ0) is 22.8. The molecule has 0 saturated heterocycles. The third-order valence-corrected chi connectivity index (χ3v) is 5.83. The highest BCUT2D eigenvalue weighted by atomic mass is 32.1. The van der Waals surface area contributed by atoms with Gasteiger partial charge in [-0.2, -0.15) is 14.6 Å². The SMILES string of the molecule is O=c1nc2s/c(=C/c3cccc(Oc4ccccc4)c3)c(=O)n2nc1Cc1ccc(F)cc1. The van der Waals surface area contributed by atoms with E-state index in [1.807, 2.05) is 54.6 Å². The summed E-state index contributed by atoms with van der Waals surface area (Å²) < 4.78 is 20.5. The lowest BCUT2D eigenvalue weighted by atomic mass is 10.1. The Hall–Kier alpha value is -4.17. The van der Waals surface area contributed by atoms with Crippen molar-refractivity contribution in [3.63, 3.8) is 0 Å². The molecule has 0 radical (unpaired) electrons. The third-order valence-electron chi connectivity index (χ3n) is 4.87. The fraction of sp³-hybridized carbons (Fsp3) is 0.0400. The number of benzene rings is 3. The molecule has 0 saturated carbocycles. The molecule has 3 aromatic carbocycles. The van der Waals surface area contributed by atoms with Crippen molar-refractivity contribution in [2.45, 2.75) is 6.42 Å². The summed E-state index contributed by atoms with van der Waals surface area (Å²) in [6.07, 6.45) is 1.87. The summed E-state index contributed by atoms with van der Waals surface area (Å²) in [6, 6.07) is 22.5. The van der Waals surface area contributed by atoms with Crippen molar-refractivity contribution in [3.05, 3.63) is 127 Å². The van der Waals surface area contributed by atoms with Crippen molar-refractivity contribution in [1.82, 2.24) is 14.6 Å². The Morgan fingerprint density at radius 2 is 1.70 bits per heavy atom. The van der Waals surface area contributed by atoms with Crippen LogP contribution < -0.4 is 20.4 Å². The molecule has 0 fully saturated rings. The topological polar surface area (TPSA) is 73.6 Å². The maximum atomic E-state index is 13.1. The number of halogens is 1. The molecule has 5 aromatic rings. The summed E-state index contributed by atoms with van der Waals surface area (Å²) in [5.41, 5.74) is 0.718. The van der Waals surface area contributed by atoms with E-state index in [0.29, 0.717) is 21.6 Å². The van der Waals surface area contributed by atoms with Gasteiger partial charge in [-0.3, -0.25) is 9.59 Å². The number of thiazole rings is 1. The van der Waals surface area contributed by atoms with E-state index < -0.39 is 5.56 Å². The number of rotatable bonds is 5. The number of para-hydroxylation sites is 1. The van der Waals surface area contributed by atoms with Crippen LogP contribution in [0.5, 0.6) is 11.5 Å². The first-order valence-corrected chi connectivity index (χ1v) is 10.9. The molecule has 0 bridgehead atoms. The van der Waals surface area contributed by atoms with Crippen molar-refractivity contribution < 1.29 is 9.13 Å². The first-order chi connectivity index (χ1) is 16.0. The number of nitrogens with zero attached hydrogens (tertiary/aromatic N) is 3. The van der Waals surface area contributed by atoms with Gasteiger partial charge in [0.25, 0.3) is 11.1 Å². The average Bonchev–Trinajstić information content (AvgIpc) is 3.10. The fourth-order valence-corrected chi connectivity index (χ4v) is 4.20. The van der Waals surface area contributed by atoms with Crippen molar-refractivity contribution in [2.75, 3.05) is 0 Å². The Balaban J connectivity index is 1.49. The number of aromatic nitrogens is 3. The van der Waals surface area contributed by atoms with Crippen molar-refractivity contribution >= 4 is 22.4 Å². The van der Waals surface area contributed by atoms with Crippen LogP contribution in [-0.4, -0.2) is 14.6 Å². The number of hydrogen-bond acceptors (Lipinski definition) is 6. The van der Waals surface area contributed by atoms with Crippen molar-refractivity contribution in [3.8, 4) is 11.5 Å². The largest absolute Gasteiger partial charge is 0.457 e. The molecular formula is C25H16FN3O3S. The van der Waals surface area contributed by atoms with Gasteiger partial charge in [-0.05, 0) is 53.6 Å². The third kappa shape index (κ3) is 4.56. The van der Waals surface area contributed by atoms with E-state index in [1.54, 1.807) is 18.2 Å². The Kier molecular flexibility index (Phi) is 5.50. The van der Waals surface area contributed by atoms with E-state index in [0.717, 1.165) is 21.4 Å². The van der Waals surface area contributed by atoms with Gasteiger partial charge < -0.3 is 4.74 Å². The Morgan fingerprint density at radius 1 is 0.939 bits per heavy atom. The van der Waals surface area contributed by atoms with Crippen LogP contribution in [0.4, 0.5) is 4.39 Å². The molecule has 8 heteroatoms. The second-order valence-corrected chi connectivity index (χ2v) is 8.27. The molecule has 0 aliphatic carbocycles. The van der Waals surface area contributed by atoms with E-state index in [1.165, 1.54) is 12.1 Å². The molecule has 6 nitrogen and oxygen atoms in total. The smallest absolute Gasteiger partial charge is 0.296 e. The zero-order valence-corrected chi connectivity index (χ0v) is 18.0. The standard InChI is InChI=1S/C25H16FN3O3S/c26-18-11-9-16(10-12-18)14-21-23(30)27-25-29(28-21)24(31)22(33-25)15-17-5-4-8-20(13-17)32-19-6-2-1-3-7-19/h1-13,15H,14H2/b22-15+. The minimum Gasteiger partial charge on any atom is -0.457 e. The highest BCUT2D eigenvalue weighted by Crippen LogP contribution is 2.22. The zero-order valence-electron chi connectivity index (χ0n) is 17.1. The summed E-state index contributed by atoms with van der Waals surface area (Å²) in [5, 5.41) is 4.23. The van der Waals surface area contributed by atoms with Crippen LogP contribution in [0, 0.1) is 5.82 Å². The van der Waals surface area contributed by atoms with Gasteiger partial charge in [0, 0.05) is 6.42 Å². The van der Waals surface area contributed by atoms with Gasteiger partial charge in [0.15, 0.2) is 0 Å². The normalized spacial score (nSPS) is 11.7. The molecular weight excluding hydrogens is 441 g/mol. The molecule has 0 aliphatic rings. The number of hydrogen-bond donors (Lipinski definition) is 0. The fourth-order valence-electron chi connectivity index (χ4n) is 3.29. The van der Waals surface area contributed by atoms with Gasteiger partial charge in [0.2, 0.25) is 4.96 Å². The lowest BCUT2D eigenvalue weighted by molar-refractivity contribution is 0.482. The van der Waals surface area contributed by atoms with Crippen LogP contribution in [-0.2, 0) is 6.42 Å². The van der Waals surface area contributed by atoms with E-state index in [9.17, 15) is 14.0 Å². The molecule has 0 unspecified atom stereocenters. The summed E-state index contributed by atoms with van der Waals surface area (Å²) in [7, 11) is 0. The highest BCUT2D eigenvalue weighted by Gasteiger charge is 2.12. The Labute approximate surface area is 190 Å². The molecule has 5 rings (SSSR count).